The summed E-state index contributed by atoms with van der Waals surface area (Å²) in [6, 6.07) is 23.4. The summed E-state index contributed by atoms with van der Waals surface area (Å²) in [5.74, 6) is -0.634. The number of rotatable bonds is 5. The summed E-state index contributed by atoms with van der Waals surface area (Å²) in [7, 11) is 0. The van der Waals surface area contributed by atoms with E-state index in [0.717, 1.165) is 35.1 Å². The minimum atomic E-state index is -0.819. The Balaban J connectivity index is 1.50. The third kappa shape index (κ3) is 4.13. The number of allylic oxidation sites excluding steroid dienone is 3. The molecule has 6 rings (SSSR count). The highest BCUT2D eigenvalue weighted by molar-refractivity contribution is 6.02. The number of hydrogen-bond acceptors (Lipinski definition) is 7. The molecule has 1 aliphatic carbocycles. The zero-order valence-corrected chi connectivity index (χ0v) is 22.4. The molecule has 7 heteroatoms. The van der Waals surface area contributed by atoms with Crippen LogP contribution in [0.25, 0.3) is 21.7 Å². The van der Waals surface area contributed by atoms with Gasteiger partial charge in [-0.3, -0.25) is 4.79 Å². The van der Waals surface area contributed by atoms with Crippen LogP contribution < -0.4 is 16.3 Å². The molecule has 0 amide bonds. The number of fused-ring (bicyclic) bond motifs is 2. The van der Waals surface area contributed by atoms with Gasteiger partial charge in [-0.15, -0.1) is 0 Å². The number of nitrogens with zero attached hydrogens (tertiary/aromatic N) is 2. The van der Waals surface area contributed by atoms with Gasteiger partial charge in [-0.25, -0.2) is 4.79 Å². The zero-order chi connectivity index (χ0) is 28.0. The minimum absolute atomic E-state index is 0.0428. The number of anilines is 1. The second-order valence-electron chi connectivity index (χ2n) is 10.2. The molecule has 0 saturated carbocycles. The highest BCUT2D eigenvalue weighted by Crippen LogP contribution is 2.48. The fraction of sp³-hybridized carbons (Fsp3) is 0.242. The number of Topliss-reactive ketones (excluding diaryl/α,β-unsaturated/α-hetero) is 1. The van der Waals surface area contributed by atoms with Crippen molar-refractivity contribution in [2.45, 2.75) is 38.5 Å². The Bertz CT molecular complexity index is 1830. The predicted molar refractivity (Wildman–Crippen MR) is 155 cm³/mol. The highest BCUT2D eigenvalue weighted by atomic mass is 16.5. The normalized spacial score (nSPS) is 19.0. The second-order valence-corrected chi connectivity index (χ2v) is 10.2. The smallest absolute Gasteiger partial charge is 0.336 e. The average molecular weight is 532 g/mol. The number of hydrogen-bond donors (Lipinski definition) is 1. The zero-order valence-electron chi connectivity index (χ0n) is 22.4. The molecule has 0 bridgehead atoms. The van der Waals surface area contributed by atoms with E-state index in [1.165, 1.54) is 6.07 Å². The van der Waals surface area contributed by atoms with Crippen LogP contribution >= 0.6 is 0 Å². The van der Waals surface area contributed by atoms with Gasteiger partial charge in [-0.05, 0) is 53.8 Å². The largest absolute Gasteiger partial charge is 0.444 e. The van der Waals surface area contributed by atoms with Crippen LogP contribution in [0.1, 0.15) is 49.7 Å². The van der Waals surface area contributed by atoms with E-state index in [4.69, 9.17) is 14.9 Å². The molecule has 200 valence electrons. The lowest BCUT2D eigenvalue weighted by molar-refractivity contribution is -0.117. The monoisotopic (exact) mass is 531 g/mol. The number of nitrogens with two attached hydrogens (primary N) is 1. The first-order valence-electron chi connectivity index (χ1n) is 13.6. The van der Waals surface area contributed by atoms with Gasteiger partial charge in [0.25, 0.3) is 0 Å². The van der Waals surface area contributed by atoms with Crippen molar-refractivity contribution in [3.63, 3.8) is 0 Å². The molecule has 2 atom stereocenters. The lowest BCUT2D eigenvalue weighted by atomic mass is 9.72. The SMILES string of the molecule is CCN(CC)c1ccc2c(C3C(C#N)=C(N)OC4=C3C(=O)CC(c3cccc5ccccc35)C4)cc(=O)oc2c1. The van der Waals surface area contributed by atoms with E-state index in [9.17, 15) is 14.9 Å². The van der Waals surface area contributed by atoms with Crippen LogP contribution in [0.2, 0.25) is 0 Å². The van der Waals surface area contributed by atoms with Crippen molar-refractivity contribution in [2.24, 2.45) is 5.73 Å². The molecule has 0 radical (unpaired) electrons. The van der Waals surface area contributed by atoms with Gasteiger partial charge in [0, 0.05) is 54.7 Å². The summed E-state index contributed by atoms with van der Waals surface area (Å²) in [6.45, 7) is 5.71. The first-order valence-corrected chi connectivity index (χ1v) is 13.6. The van der Waals surface area contributed by atoms with Gasteiger partial charge in [-0.2, -0.15) is 5.26 Å². The molecule has 7 nitrogen and oxygen atoms in total. The number of ketones is 1. The van der Waals surface area contributed by atoms with Gasteiger partial charge in [0.1, 0.15) is 23.0 Å². The van der Waals surface area contributed by atoms with Crippen molar-refractivity contribution in [1.29, 1.82) is 5.26 Å². The van der Waals surface area contributed by atoms with Crippen molar-refractivity contribution in [2.75, 3.05) is 18.0 Å². The fourth-order valence-corrected chi connectivity index (χ4v) is 6.25. The molecule has 0 saturated heterocycles. The Labute approximate surface area is 231 Å². The van der Waals surface area contributed by atoms with Crippen LogP contribution in [0.4, 0.5) is 5.69 Å². The lowest BCUT2D eigenvalue weighted by Gasteiger charge is -2.34. The van der Waals surface area contributed by atoms with Crippen LogP contribution in [0.15, 0.2) is 98.7 Å². The van der Waals surface area contributed by atoms with Crippen molar-refractivity contribution in [1.82, 2.24) is 0 Å². The first kappa shape index (κ1) is 25.4. The molecule has 2 heterocycles. The van der Waals surface area contributed by atoms with Crippen LogP contribution in [0.3, 0.4) is 0 Å². The first-order chi connectivity index (χ1) is 19.4. The van der Waals surface area contributed by atoms with Gasteiger partial charge in [0.05, 0.1) is 5.92 Å². The molecule has 1 aromatic heterocycles. The summed E-state index contributed by atoms with van der Waals surface area (Å²) in [5.41, 5.74) is 9.17. The number of carbonyl (C=O) groups excluding carboxylic acids is 1. The minimum Gasteiger partial charge on any atom is -0.444 e. The quantitative estimate of drug-likeness (QED) is 0.315. The highest BCUT2D eigenvalue weighted by Gasteiger charge is 2.42. The molecule has 2 N–H and O–H groups in total. The molecule has 2 aliphatic rings. The van der Waals surface area contributed by atoms with E-state index < -0.39 is 11.5 Å². The molecule has 0 fully saturated rings. The maximum absolute atomic E-state index is 13.9. The summed E-state index contributed by atoms with van der Waals surface area (Å²) < 4.78 is 11.6. The van der Waals surface area contributed by atoms with Gasteiger partial charge < -0.3 is 19.8 Å². The molecule has 1 aliphatic heterocycles. The van der Waals surface area contributed by atoms with Crippen molar-refractivity contribution in [3.05, 3.63) is 111 Å². The number of nitriles is 1. The van der Waals surface area contributed by atoms with Crippen LogP contribution in [0, 0.1) is 11.3 Å². The fourth-order valence-electron chi connectivity index (χ4n) is 6.25. The Morgan fingerprint density at radius 2 is 1.73 bits per heavy atom. The number of carbonyl (C=O) groups is 1. The Hall–Kier alpha value is -4.83. The third-order valence-electron chi connectivity index (χ3n) is 8.12. The van der Waals surface area contributed by atoms with Crippen molar-refractivity contribution >= 4 is 33.2 Å². The second kappa shape index (κ2) is 10.0. The van der Waals surface area contributed by atoms with Gasteiger partial charge in [0.15, 0.2) is 5.78 Å². The van der Waals surface area contributed by atoms with E-state index in [1.54, 1.807) is 0 Å². The van der Waals surface area contributed by atoms with E-state index in [0.29, 0.717) is 34.3 Å². The maximum Gasteiger partial charge on any atom is 0.336 e. The molecule has 40 heavy (non-hydrogen) atoms. The van der Waals surface area contributed by atoms with Crippen LogP contribution in [0.5, 0.6) is 0 Å². The summed E-state index contributed by atoms with van der Waals surface area (Å²) in [5, 5.41) is 13.0. The Morgan fingerprint density at radius 1 is 0.950 bits per heavy atom. The molecular formula is C33H29N3O4. The maximum atomic E-state index is 13.9. The Morgan fingerprint density at radius 3 is 2.50 bits per heavy atom. The molecule has 3 aromatic carbocycles. The van der Waals surface area contributed by atoms with E-state index in [-0.39, 0.29) is 29.6 Å². The summed E-state index contributed by atoms with van der Waals surface area (Å²) >= 11 is 0. The predicted octanol–water partition coefficient (Wildman–Crippen LogP) is 6.00. The van der Waals surface area contributed by atoms with E-state index in [1.807, 2.05) is 36.4 Å². The van der Waals surface area contributed by atoms with Crippen LogP contribution in [-0.2, 0) is 9.53 Å². The molecule has 4 aromatic rings. The van der Waals surface area contributed by atoms with Crippen molar-refractivity contribution in [3.8, 4) is 6.07 Å². The van der Waals surface area contributed by atoms with Gasteiger partial charge in [0.2, 0.25) is 5.88 Å². The van der Waals surface area contributed by atoms with Gasteiger partial charge >= 0.3 is 5.63 Å². The lowest BCUT2D eigenvalue weighted by Crippen LogP contribution is -2.30. The number of benzene rings is 3. The topological polar surface area (TPSA) is 110 Å². The summed E-state index contributed by atoms with van der Waals surface area (Å²) in [6.07, 6.45) is 0.716. The summed E-state index contributed by atoms with van der Waals surface area (Å²) in [4.78, 5) is 28.9. The third-order valence-corrected chi connectivity index (χ3v) is 8.12. The van der Waals surface area contributed by atoms with Gasteiger partial charge in [-0.1, -0.05) is 42.5 Å². The Kier molecular flexibility index (Phi) is 6.39. The molecular weight excluding hydrogens is 502 g/mol. The standard InChI is InChI=1S/C33H29N3O4/c1-3-36(4-2)21-12-13-24-25(17-30(38)39-28(24)16-21)31-26(18-34)33(35)40-29-15-20(14-27(37)32(29)31)23-11-7-9-19-8-5-6-10-22(19)23/h5-13,16-17,20,31H,3-4,14-15,35H2,1-2H3. The van der Waals surface area contributed by atoms with E-state index >= 15 is 0 Å². The van der Waals surface area contributed by atoms with Crippen LogP contribution in [-0.4, -0.2) is 18.9 Å². The number of ether oxygens (including phenoxy) is 1. The van der Waals surface area contributed by atoms with Crippen molar-refractivity contribution < 1.29 is 13.9 Å². The van der Waals surface area contributed by atoms with E-state index in [2.05, 4.69) is 49.1 Å². The molecule has 2 unspecified atom stereocenters. The average Bonchev–Trinajstić information content (AvgIpc) is 2.96. The molecule has 0 spiro atoms.